The van der Waals surface area contributed by atoms with Crippen LogP contribution >= 0.6 is 0 Å². The van der Waals surface area contributed by atoms with Gasteiger partial charge in [-0.05, 0) is 62.2 Å². The van der Waals surface area contributed by atoms with Gasteiger partial charge in [-0.1, -0.05) is 0 Å². The molecule has 30 heavy (non-hydrogen) atoms. The van der Waals surface area contributed by atoms with Gasteiger partial charge in [-0.2, -0.15) is 5.26 Å². The minimum absolute atomic E-state index is 0.000146. The van der Waals surface area contributed by atoms with Crippen LogP contribution in [0.5, 0.6) is 0 Å². The van der Waals surface area contributed by atoms with Crippen LogP contribution in [0.25, 0.3) is 27.7 Å². The predicted octanol–water partition coefficient (Wildman–Crippen LogP) is 2.95. The number of piperidine rings is 1. The Morgan fingerprint density at radius 2 is 2.00 bits per heavy atom. The molecule has 1 fully saturated rings. The summed E-state index contributed by atoms with van der Waals surface area (Å²) in [5, 5.41) is 12.8. The van der Waals surface area contributed by atoms with Gasteiger partial charge in [0.15, 0.2) is 5.65 Å². The third kappa shape index (κ3) is 2.95. The first-order valence-electron chi connectivity index (χ1n) is 9.86. The first kappa shape index (κ1) is 18.5. The van der Waals surface area contributed by atoms with E-state index in [1.54, 1.807) is 27.3 Å². The molecule has 0 atom stereocenters. The minimum Gasteiger partial charge on any atom is -0.317 e. The molecule has 1 saturated heterocycles. The Hall–Kier alpha value is -3.57. The van der Waals surface area contributed by atoms with Crippen LogP contribution in [-0.4, -0.2) is 32.0 Å². The normalized spacial score (nSPS) is 15.0. The Bertz CT molecular complexity index is 1390. The van der Waals surface area contributed by atoms with Gasteiger partial charge in [-0.25, -0.2) is 14.4 Å². The van der Waals surface area contributed by atoms with Gasteiger partial charge in [0.05, 0.1) is 23.1 Å². The van der Waals surface area contributed by atoms with E-state index in [4.69, 9.17) is 0 Å². The number of fused-ring (bicyclic) bond motifs is 2. The minimum atomic E-state index is -0.608. The molecular weight excluding hydrogens is 383 g/mol. The molecule has 0 unspecified atom stereocenters. The number of halogens is 1. The highest BCUT2D eigenvalue weighted by Gasteiger charge is 2.20. The lowest BCUT2D eigenvalue weighted by Gasteiger charge is -2.24. The number of aryl methyl sites for hydroxylation is 1. The summed E-state index contributed by atoms with van der Waals surface area (Å²) in [5.74, 6) is -0.608. The Kier molecular flexibility index (Phi) is 4.33. The highest BCUT2D eigenvalue weighted by molar-refractivity contribution is 5.84. The largest absolute Gasteiger partial charge is 0.317 e. The Morgan fingerprint density at radius 1 is 1.20 bits per heavy atom. The van der Waals surface area contributed by atoms with Gasteiger partial charge in [0.25, 0.3) is 5.56 Å². The maximum absolute atomic E-state index is 15.1. The monoisotopic (exact) mass is 402 g/mol. The van der Waals surface area contributed by atoms with Crippen molar-refractivity contribution in [2.45, 2.75) is 25.8 Å². The summed E-state index contributed by atoms with van der Waals surface area (Å²) in [6.07, 6.45) is 6.76. The third-order valence-electron chi connectivity index (χ3n) is 5.67. The molecule has 1 N–H and O–H groups in total. The maximum atomic E-state index is 15.1. The van der Waals surface area contributed by atoms with Crippen molar-refractivity contribution in [1.29, 1.82) is 5.26 Å². The summed E-state index contributed by atoms with van der Waals surface area (Å²) in [4.78, 5) is 21.7. The topological polar surface area (TPSA) is 88.0 Å². The summed E-state index contributed by atoms with van der Waals surface area (Å²) in [6.45, 7) is 3.50. The SMILES string of the molecule is Cc1cn2cc(-c3cc(F)c4c(=O)n(C5CCNCC5)cnc4c3)cc(C#N)c2n1. The summed E-state index contributed by atoms with van der Waals surface area (Å²) < 4.78 is 18.4. The van der Waals surface area contributed by atoms with Gasteiger partial charge in [-0.3, -0.25) is 9.36 Å². The van der Waals surface area contributed by atoms with Crippen molar-refractivity contribution in [2.75, 3.05) is 13.1 Å². The van der Waals surface area contributed by atoms with Crippen LogP contribution in [-0.2, 0) is 0 Å². The average Bonchev–Trinajstić information content (AvgIpc) is 3.13. The lowest BCUT2D eigenvalue weighted by molar-refractivity contribution is 0.359. The number of hydrogen-bond donors (Lipinski definition) is 1. The molecule has 5 rings (SSSR count). The van der Waals surface area contributed by atoms with Crippen LogP contribution in [0.15, 0.2) is 41.7 Å². The quantitative estimate of drug-likeness (QED) is 0.557. The number of nitrogens with zero attached hydrogens (tertiary/aromatic N) is 5. The molecule has 1 aliphatic heterocycles. The lowest BCUT2D eigenvalue weighted by atomic mass is 10.0. The van der Waals surface area contributed by atoms with E-state index in [1.165, 1.54) is 12.4 Å². The first-order chi connectivity index (χ1) is 14.5. The van der Waals surface area contributed by atoms with Crippen molar-refractivity contribution in [1.82, 2.24) is 24.3 Å². The van der Waals surface area contributed by atoms with Crippen molar-refractivity contribution >= 4 is 16.6 Å². The zero-order chi connectivity index (χ0) is 20.8. The van der Waals surface area contributed by atoms with E-state index >= 15 is 4.39 Å². The zero-order valence-corrected chi connectivity index (χ0v) is 16.4. The van der Waals surface area contributed by atoms with Crippen LogP contribution in [0.4, 0.5) is 4.39 Å². The summed E-state index contributed by atoms with van der Waals surface area (Å²) in [6, 6.07) is 6.88. The molecule has 0 radical (unpaired) electrons. The molecule has 1 aliphatic rings. The van der Waals surface area contributed by atoms with Crippen molar-refractivity contribution in [2.24, 2.45) is 0 Å². The smallest absolute Gasteiger partial charge is 0.264 e. The maximum Gasteiger partial charge on any atom is 0.264 e. The molecule has 3 aromatic heterocycles. The van der Waals surface area contributed by atoms with E-state index < -0.39 is 5.82 Å². The van der Waals surface area contributed by atoms with E-state index in [2.05, 4.69) is 21.4 Å². The highest BCUT2D eigenvalue weighted by atomic mass is 19.1. The van der Waals surface area contributed by atoms with Gasteiger partial charge in [0.1, 0.15) is 17.3 Å². The van der Waals surface area contributed by atoms with Gasteiger partial charge in [0.2, 0.25) is 0 Å². The molecule has 1 aromatic carbocycles. The number of nitrogens with one attached hydrogen (secondary N) is 1. The van der Waals surface area contributed by atoms with Crippen molar-refractivity contribution in [3.05, 3.63) is 64.3 Å². The fourth-order valence-corrected chi connectivity index (χ4v) is 4.18. The molecule has 0 bridgehead atoms. The Labute approximate surface area is 171 Å². The van der Waals surface area contributed by atoms with E-state index in [9.17, 15) is 10.1 Å². The number of nitriles is 1. The molecule has 0 spiro atoms. The molecule has 0 aliphatic carbocycles. The van der Waals surface area contributed by atoms with Crippen LogP contribution in [0.1, 0.15) is 30.1 Å². The predicted molar refractivity (Wildman–Crippen MR) is 111 cm³/mol. The standard InChI is InChI=1S/C22H19FN6O/c1-13-10-28-11-16(6-15(9-24)21(28)27-13)14-7-18(23)20-19(8-14)26-12-29(22(20)30)17-2-4-25-5-3-17/h6-8,10-12,17,25H,2-5H2,1H3. The second kappa shape index (κ2) is 7.04. The highest BCUT2D eigenvalue weighted by Crippen LogP contribution is 2.27. The summed E-state index contributed by atoms with van der Waals surface area (Å²) in [5.41, 5.74) is 2.90. The van der Waals surface area contributed by atoms with Crippen molar-refractivity contribution in [3.63, 3.8) is 0 Å². The molecule has 0 amide bonds. The molecule has 150 valence electrons. The second-order valence-corrected chi connectivity index (χ2v) is 7.66. The number of pyridine rings is 1. The van der Waals surface area contributed by atoms with Crippen LogP contribution < -0.4 is 10.9 Å². The van der Waals surface area contributed by atoms with Crippen LogP contribution in [0.3, 0.4) is 0 Å². The molecule has 0 saturated carbocycles. The summed E-state index contributed by atoms with van der Waals surface area (Å²) in [7, 11) is 0. The number of benzene rings is 1. The van der Waals surface area contributed by atoms with Gasteiger partial charge in [-0.15, -0.1) is 0 Å². The van der Waals surface area contributed by atoms with E-state index in [-0.39, 0.29) is 17.0 Å². The van der Waals surface area contributed by atoms with E-state index in [1.807, 2.05) is 13.1 Å². The average molecular weight is 402 g/mol. The molecule has 8 heteroatoms. The number of aromatic nitrogens is 4. The van der Waals surface area contributed by atoms with Crippen LogP contribution in [0.2, 0.25) is 0 Å². The van der Waals surface area contributed by atoms with Gasteiger partial charge in [0, 0.05) is 18.4 Å². The lowest BCUT2D eigenvalue weighted by Crippen LogP contribution is -2.34. The van der Waals surface area contributed by atoms with Gasteiger partial charge >= 0.3 is 0 Å². The molecule has 4 heterocycles. The Balaban J connectivity index is 1.66. The fourth-order valence-electron chi connectivity index (χ4n) is 4.18. The first-order valence-corrected chi connectivity index (χ1v) is 9.86. The van der Waals surface area contributed by atoms with Gasteiger partial charge < -0.3 is 9.72 Å². The number of hydrogen-bond acceptors (Lipinski definition) is 5. The summed E-state index contributed by atoms with van der Waals surface area (Å²) >= 11 is 0. The van der Waals surface area contributed by atoms with Crippen molar-refractivity contribution in [3.8, 4) is 17.2 Å². The number of imidazole rings is 1. The second-order valence-electron chi connectivity index (χ2n) is 7.66. The third-order valence-corrected chi connectivity index (χ3v) is 5.67. The fraction of sp³-hybridized carbons (Fsp3) is 0.273. The van der Waals surface area contributed by atoms with E-state index in [0.29, 0.717) is 27.9 Å². The number of rotatable bonds is 2. The zero-order valence-electron chi connectivity index (χ0n) is 16.4. The molecular formula is C22H19FN6O. The molecule has 7 nitrogen and oxygen atoms in total. The van der Waals surface area contributed by atoms with Crippen LogP contribution in [0, 0.1) is 24.1 Å². The van der Waals surface area contributed by atoms with Crippen molar-refractivity contribution < 1.29 is 4.39 Å². The van der Waals surface area contributed by atoms with E-state index in [0.717, 1.165) is 31.6 Å². The molecule has 4 aromatic rings. The Morgan fingerprint density at radius 3 is 2.77 bits per heavy atom.